The van der Waals surface area contributed by atoms with Gasteiger partial charge in [0.15, 0.2) is 6.61 Å². The minimum Gasteiger partial charge on any atom is -0.483 e. The van der Waals surface area contributed by atoms with Gasteiger partial charge in [0.25, 0.3) is 5.91 Å². The molecule has 126 valence electrons. The molecule has 0 bridgehead atoms. The predicted molar refractivity (Wildman–Crippen MR) is 73.9 cm³/mol. The molecule has 0 heterocycles. The Hall–Kier alpha value is -2.25. The molecule has 0 spiro atoms. The number of rotatable bonds is 5. The summed E-state index contributed by atoms with van der Waals surface area (Å²) in [5.74, 6) is -2.36. The molecule has 2 rings (SSSR count). The maximum Gasteiger partial charge on any atom is 0.419 e. The molecule has 0 aromatic heterocycles. The lowest BCUT2D eigenvalue weighted by atomic mass is 9.98. The number of amides is 1. The first-order valence-corrected chi connectivity index (χ1v) is 7.08. The molecule has 1 amide bonds. The number of hydrogen-bond donors (Lipinski definition) is 2. The van der Waals surface area contributed by atoms with E-state index >= 15 is 0 Å². The van der Waals surface area contributed by atoms with Crippen molar-refractivity contribution in [2.24, 2.45) is 0 Å². The summed E-state index contributed by atoms with van der Waals surface area (Å²) in [4.78, 5) is 23.2. The van der Waals surface area contributed by atoms with Gasteiger partial charge in [0.2, 0.25) is 0 Å². The first-order valence-electron chi connectivity index (χ1n) is 7.08. The minimum atomic E-state index is -4.60. The van der Waals surface area contributed by atoms with E-state index in [4.69, 9.17) is 4.74 Å². The van der Waals surface area contributed by atoms with Crippen LogP contribution < -0.4 is 10.1 Å². The zero-order chi connectivity index (χ0) is 17.1. The van der Waals surface area contributed by atoms with Crippen molar-refractivity contribution in [1.29, 1.82) is 0 Å². The predicted octanol–water partition coefficient (Wildman–Crippen LogP) is 2.60. The molecule has 0 aliphatic heterocycles. The van der Waals surface area contributed by atoms with E-state index < -0.39 is 41.5 Å². The molecule has 1 fully saturated rings. The molecule has 0 saturated heterocycles. The van der Waals surface area contributed by atoms with Gasteiger partial charge in [0, 0.05) is 0 Å². The van der Waals surface area contributed by atoms with Crippen molar-refractivity contribution in [2.45, 2.75) is 37.4 Å². The van der Waals surface area contributed by atoms with Crippen LogP contribution in [0.3, 0.4) is 0 Å². The number of hydrogen-bond acceptors (Lipinski definition) is 3. The molecule has 0 unspecified atom stereocenters. The van der Waals surface area contributed by atoms with E-state index in [2.05, 4.69) is 5.32 Å². The first-order chi connectivity index (χ1) is 10.7. The fraction of sp³-hybridized carbons (Fsp3) is 0.467. The number of carbonyl (C=O) groups excluding carboxylic acids is 1. The Kier molecular flexibility index (Phi) is 4.82. The normalized spacial score (nSPS) is 16.8. The molecule has 1 saturated carbocycles. The summed E-state index contributed by atoms with van der Waals surface area (Å²) < 4.78 is 43.4. The van der Waals surface area contributed by atoms with Crippen molar-refractivity contribution < 1.29 is 32.6 Å². The molecule has 8 heteroatoms. The monoisotopic (exact) mass is 331 g/mol. The van der Waals surface area contributed by atoms with Crippen molar-refractivity contribution in [1.82, 2.24) is 5.32 Å². The SMILES string of the molecule is O=C(COc1ccccc1C(F)(F)F)NC1(C(=O)O)CCCC1. The maximum atomic E-state index is 12.8. The zero-order valence-electron chi connectivity index (χ0n) is 12.2. The Balaban J connectivity index is 2.02. The minimum absolute atomic E-state index is 0.299. The van der Waals surface area contributed by atoms with E-state index in [9.17, 15) is 27.9 Å². The molecule has 1 aliphatic carbocycles. The lowest BCUT2D eigenvalue weighted by Gasteiger charge is -2.25. The summed E-state index contributed by atoms with van der Waals surface area (Å²) in [5, 5.41) is 11.6. The van der Waals surface area contributed by atoms with Crippen molar-refractivity contribution in [3.05, 3.63) is 29.8 Å². The molecule has 0 radical (unpaired) electrons. The molecular formula is C15H16F3NO4. The second-order valence-corrected chi connectivity index (χ2v) is 5.43. The van der Waals surface area contributed by atoms with E-state index in [1.807, 2.05) is 0 Å². The third-order valence-corrected chi connectivity index (χ3v) is 3.80. The largest absolute Gasteiger partial charge is 0.483 e. The van der Waals surface area contributed by atoms with Gasteiger partial charge in [0.1, 0.15) is 11.3 Å². The van der Waals surface area contributed by atoms with E-state index in [1.54, 1.807) is 0 Å². The Labute approximate surface area is 130 Å². The van der Waals surface area contributed by atoms with Crippen LogP contribution in [-0.4, -0.2) is 29.1 Å². The fourth-order valence-electron chi connectivity index (χ4n) is 2.64. The van der Waals surface area contributed by atoms with Crippen molar-refractivity contribution >= 4 is 11.9 Å². The van der Waals surface area contributed by atoms with E-state index in [1.165, 1.54) is 12.1 Å². The van der Waals surface area contributed by atoms with E-state index in [-0.39, 0.29) is 0 Å². The quantitative estimate of drug-likeness (QED) is 0.870. The van der Waals surface area contributed by atoms with Crippen LogP contribution in [-0.2, 0) is 15.8 Å². The van der Waals surface area contributed by atoms with Gasteiger partial charge < -0.3 is 15.2 Å². The third kappa shape index (κ3) is 3.94. The summed E-state index contributed by atoms with van der Waals surface area (Å²) in [5.41, 5.74) is -2.33. The Morgan fingerprint density at radius 1 is 1.22 bits per heavy atom. The molecule has 1 aromatic carbocycles. The summed E-state index contributed by atoms with van der Waals surface area (Å²) in [6, 6.07) is 4.54. The van der Waals surface area contributed by atoms with Crippen molar-refractivity contribution in [3.8, 4) is 5.75 Å². The Morgan fingerprint density at radius 2 is 1.83 bits per heavy atom. The summed E-state index contributed by atoms with van der Waals surface area (Å²) >= 11 is 0. The Bertz CT molecular complexity index is 595. The topological polar surface area (TPSA) is 75.6 Å². The van der Waals surface area contributed by atoms with Crippen LogP contribution in [0.2, 0.25) is 0 Å². The zero-order valence-corrected chi connectivity index (χ0v) is 12.2. The lowest BCUT2D eigenvalue weighted by Crippen LogP contribution is -2.53. The number of nitrogens with one attached hydrogen (secondary N) is 1. The molecule has 2 N–H and O–H groups in total. The first kappa shape index (κ1) is 17.1. The number of carbonyl (C=O) groups is 2. The average Bonchev–Trinajstić information content (AvgIpc) is 2.94. The highest BCUT2D eigenvalue weighted by molar-refractivity contribution is 5.87. The van der Waals surface area contributed by atoms with Crippen LogP contribution in [0.15, 0.2) is 24.3 Å². The summed E-state index contributed by atoms with van der Waals surface area (Å²) in [6.07, 6.45) is -2.66. The van der Waals surface area contributed by atoms with Gasteiger partial charge in [0.05, 0.1) is 5.56 Å². The molecule has 0 atom stereocenters. The molecule has 1 aliphatic rings. The summed E-state index contributed by atoms with van der Waals surface area (Å²) in [7, 11) is 0. The molecule has 23 heavy (non-hydrogen) atoms. The van der Waals surface area contributed by atoms with Crippen LogP contribution in [0.4, 0.5) is 13.2 Å². The maximum absolute atomic E-state index is 12.8. The second kappa shape index (κ2) is 6.47. The number of carboxylic acid groups (broad SMARTS) is 1. The Morgan fingerprint density at radius 3 is 2.39 bits per heavy atom. The number of ether oxygens (including phenoxy) is 1. The van der Waals surface area contributed by atoms with Gasteiger partial charge in [-0.3, -0.25) is 4.79 Å². The number of benzene rings is 1. The number of halogens is 3. The lowest BCUT2D eigenvalue weighted by molar-refractivity contribution is -0.147. The van der Waals surface area contributed by atoms with Crippen molar-refractivity contribution in [2.75, 3.05) is 6.61 Å². The molecular weight excluding hydrogens is 315 g/mol. The smallest absolute Gasteiger partial charge is 0.419 e. The number of aliphatic carboxylic acids is 1. The van der Waals surface area contributed by atoms with Crippen LogP contribution in [0, 0.1) is 0 Å². The molecule has 1 aromatic rings. The van der Waals surface area contributed by atoms with Gasteiger partial charge in [-0.25, -0.2) is 4.79 Å². The average molecular weight is 331 g/mol. The number of carboxylic acids is 1. The van der Waals surface area contributed by atoms with Gasteiger partial charge in [-0.1, -0.05) is 25.0 Å². The van der Waals surface area contributed by atoms with Crippen LogP contribution in [0.25, 0.3) is 0 Å². The number of alkyl halides is 3. The highest BCUT2D eigenvalue weighted by Crippen LogP contribution is 2.36. The van der Waals surface area contributed by atoms with Crippen molar-refractivity contribution in [3.63, 3.8) is 0 Å². The van der Waals surface area contributed by atoms with Gasteiger partial charge in [-0.15, -0.1) is 0 Å². The van der Waals surface area contributed by atoms with Gasteiger partial charge in [-0.05, 0) is 25.0 Å². The standard InChI is InChI=1S/C15H16F3NO4/c16-15(17,18)10-5-1-2-6-11(10)23-9-12(20)19-14(13(21)22)7-3-4-8-14/h1-2,5-6H,3-4,7-9H2,(H,19,20)(H,21,22). The highest BCUT2D eigenvalue weighted by atomic mass is 19.4. The van der Waals surface area contributed by atoms with E-state index in [0.29, 0.717) is 25.7 Å². The van der Waals surface area contributed by atoms with Crippen LogP contribution >= 0.6 is 0 Å². The fourth-order valence-corrected chi connectivity index (χ4v) is 2.64. The highest BCUT2D eigenvalue weighted by Gasteiger charge is 2.42. The van der Waals surface area contributed by atoms with Crippen LogP contribution in [0.5, 0.6) is 5.75 Å². The van der Waals surface area contributed by atoms with Gasteiger partial charge in [-0.2, -0.15) is 13.2 Å². The van der Waals surface area contributed by atoms with E-state index in [0.717, 1.165) is 12.1 Å². The van der Waals surface area contributed by atoms with Crippen LogP contribution in [0.1, 0.15) is 31.2 Å². The molecule has 5 nitrogen and oxygen atoms in total. The van der Waals surface area contributed by atoms with Gasteiger partial charge >= 0.3 is 12.1 Å². The third-order valence-electron chi connectivity index (χ3n) is 3.80. The number of para-hydroxylation sites is 1. The summed E-state index contributed by atoms with van der Waals surface area (Å²) in [6.45, 7) is -0.678. The second-order valence-electron chi connectivity index (χ2n) is 5.43.